The molecule has 1 atom stereocenters. The summed E-state index contributed by atoms with van der Waals surface area (Å²) in [6, 6.07) is 8.71. The van der Waals surface area contributed by atoms with Crippen molar-refractivity contribution in [3.8, 4) is 0 Å². The molecule has 1 aliphatic heterocycles. The number of hydrogen-bond acceptors (Lipinski definition) is 4. The Kier molecular flexibility index (Phi) is 4.73. The normalized spacial score (nSPS) is 17.0. The van der Waals surface area contributed by atoms with Gasteiger partial charge in [-0.1, -0.05) is 23.4 Å². The van der Waals surface area contributed by atoms with Gasteiger partial charge in [0.15, 0.2) is 5.17 Å². The molecule has 2 heterocycles. The molecule has 0 spiro atoms. The van der Waals surface area contributed by atoms with E-state index in [1.165, 1.54) is 11.8 Å². The van der Waals surface area contributed by atoms with Gasteiger partial charge in [0, 0.05) is 22.8 Å². The number of halogens is 1. The SMILES string of the molecule is Cc1cc(C)n(C2=NC(=O)[C@@H](CC(=O)Nc3ccc(Cl)cc3)S2)n1. The number of carbonyl (C=O) groups excluding carboxylic acids is 2. The summed E-state index contributed by atoms with van der Waals surface area (Å²) in [7, 11) is 0. The summed E-state index contributed by atoms with van der Waals surface area (Å²) in [4.78, 5) is 28.2. The van der Waals surface area contributed by atoms with Crippen molar-refractivity contribution in [2.24, 2.45) is 4.99 Å². The molecular weight excluding hydrogens is 348 g/mol. The van der Waals surface area contributed by atoms with Crippen molar-refractivity contribution in [2.45, 2.75) is 25.5 Å². The fraction of sp³-hybridized carbons (Fsp3) is 0.250. The average Bonchev–Trinajstić information content (AvgIpc) is 3.04. The summed E-state index contributed by atoms with van der Waals surface area (Å²) < 4.78 is 1.63. The van der Waals surface area contributed by atoms with E-state index in [1.54, 1.807) is 28.9 Å². The Morgan fingerprint density at radius 3 is 2.67 bits per heavy atom. The Hall–Kier alpha value is -2.12. The van der Waals surface area contributed by atoms with Crippen LogP contribution in [0.25, 0.3) is 0 Å². The molecule has 0 saturated heterocycles. The largest absolute Gasteiger partial charge is 0.326 e. The number of aryl methyl sites for hydroxylation is 2. The second-order valence-corrected chi connectivity index (χ2v) is 7.04. The molecule has 0 unspecified atom stereocenters. The molecule has 0 aliphatic carbocycles. The first-order chi connectivity index (χ1) is 11.4. The number of nitrogens with one attached hydrogen (secondary N) is 1. The van der Waals surface area contributed by atoms with E-state index in [-0.39, 0.29) is 18.2 Å². The van der Waals surface area contributed by atoms with Crippen LogP contribution in [0.5, 0.6) is 0 Å². The molecule has 0 radical (unpaired) electrons. The number of rotatable bonds is 3. The molecule has 24 heavy (non-hydrogen) atoms. The van der Waals surface area contributed by atoms with Gasteiger partial charge in [0.2, 0.25) is 5.91 Å². The molecule has 0 bridgehead atoms. The minimum atomic E-state index is -0.531. The number of benzene rings is 1. The van der Waals surface area contributed by atoms with Gasteiger partial charge in [-0.3, -0.25) is 9.59 Å². The number of anilines is 1. The molecule has 3 rings (SSSR count). The van der Waals surface area contributed by atoms with Crippen LogP contribution >= 0.6 is 23.4 Å². The fourth-order valence-electron chi connectivity index (χ4n) is 2.33. The van der Waals surface area contributed by atoms with Gasteiger partial charge >= 0.3 is 0 Å². The zero-order valence-corrected chi connectivity index (χ0v) is 14.7. The van der Waals surface area contributed by atoms with Crippen molar-refractivity contribution < 1.29 is 9.59 Å². The van der Waals surface area contributed by atoms with E-state index in [0.29, 0.717) is 15.9 Å². The lowest BCUT2D eigenvalue weighted by Gasteiger charge is -2.08. The summed E-state index contributed by atoms with van der Waals surface area (Å²) in [5.74, 6) is -0.554. The zero-order chi connectivity index (χ0) is 17.3. The molecule has 1 aliphatic rings. The van der Waals surface area contributed by atoms with Crippen molar-refractivity contribution in [1.29, 1.82) is 0 Å². The average molecular weight is 363 g/mol. The van der Waals surface area contributed by atoms with Crippen LogP contribution in [-0.4, -0.2) is 32.0 Å². The smallest absolute Gasteiger partial charge is 0.262 e. The predicted octanol–water partition coefficient (Wildman–Crippen LogP) is 3.03. The van der Waals surface area contributed by atoms with E-state index in [2.05, 4.69) is 15.4 Å². The maximum absolute atomic E-state index is 12.1. The summed E-state index contributed by atoms with van der Waals surface area (Å²) >= 11 is 7.07. The van der Waals surface area contributed by atoms with Crippen LogP contribution in [0.1, 0.15) is 17.8 Å². The molecule has 1 N–H and O–H groups in total. The van der Waals surface area contributed by atoms with Crippen LogP contribution in [0.3, 0.4) is 0 Å². The second-order valence-electron chi connectivity index (χ2n) is 5.44. The van der Waals surface area contributed by atoms with Gasteiger partial charge in [0.25, 0.3) is 5.91 Å². The number of aromatic nitrogens is 2. The number of thioether (sulfide) groups is 1. The third-order valence-electron chi connectivity index (χ3n) is 3.42. The minimum Gasteiger partial charge on any atom is -0.326 e. The van der Waals surface area contributed by atoms with Gasteiger partial charge in [-0.05, 0) is 44.2 Å². The van der Waals surface area contributed by atoms with Crippen molar-refractivity contribution in [2.75, 3.05) is 5.32 Å². The standard InChI is InChI=1S/C16H15ClN4O2S/c1-9-7-10(2)21(20-9)16-19-15(23)13(24-16)8-14(22)18-12-5-3-11(17)4-6-12/h3-7,13H,8H2,1-2H3,(H,18,22)/t13-/m1/s1. The monoisotopic (exact) mass is 362 g/mol. The number of nitrogens with zero attached hydrogens (tertiary/aromatic N) is 3. The van der Waals surface area contributed by atoms with Gasteiger partial charge in [-0.2, -0.15) is 10.1 Å². The summed E-state index contributed by atoms with van der Waals surface area (Å²) in [5.41, 5.74) is 2.39. The van der Waals surface area contributed by atoms with E-state index in [9.17, 15) is 9.59 Å². The molecule has 124 valence electrons. The molecule has 0 saturated carbocycles. The van der Waals surface area contributed by atoms with Crippen molar-refractivity contribution in [3.05, 3.63) is 46.7 Å². The second kappa shape index (κ2) is 6.78. The maximum atomic E-state index is 12.1. The first-order valence-corrected chi connectivity index (χ1v) is 8.56. The van der Waals surface area contributed by atoms with Crippen LogP contribution < -0.4 is 5.32 Å². The van der Waals surface area contributed by atoms with Gasteiger partial charge in [-0.25, -0.2) is 4.68 Å². The lowest BCUT2D eigenvalue weighted by molar-refractivity contribution is -0.121. The number of amides is 2. The lowest BCUT2D eigenvalue weighted by atomic mass is 10.2. The Bertz CT molecular complexity index is 829. The van der Waals surface area contributed by atoms with Crippen LogP contribution in [-0.2, 0) is 9.59 Å². The highest BCUT2D eigenvalue weighted by molar-refractivity contribution is 8.15. The first-order valence-electron chi connectivity index (χ1n) is 7.30. The molecule has 8 heteroatoms. The zero-order valence-electron chi connectivity index (χ0n) is 13.1. The summed E-state index contributed by atoms with van der Waals surface area (Å²) in [6.45, 7) is 3.77. The van der Waals surface area contributed by atoms with Gasteiger partial charge in [0.05, 0.1) is 5.69 Å². The van der Waals surface area contributed by atoms with Crippen molar-refractivity contribution in [1.82, 2.24) is 9.78 Å². The molecule has 0 fully saturated rings. The van der Waals surface area contributed by atoms with E-state index in [4.69, 9.17) is 11.6 Å². The fourth-order valence-corrected chi connectivity index (χ4v) is 3.53. The van der Waals surface area contributed by atoms with Crippen molar-refractivity contribution >= 4 is 46.0 Å². The summed E-state index contributed by atoms with van der Waals surface area (Å²) in [5, 5.41) is 7.64. The Balaban J connectivity index is 1.63. The van der Waals surface area contributed by atoms with Crippen LogP contribution in [0.4, 0.5) is 5.69 Å². The van der Waals surface area contributed by atoms with Crippen molar-refractivity contribution in [3.63, 3.8) is 0 Å². The highest BCUT2D eigenvalue weighted by Crippen LogP contribution is 2.27. The van der Waals surface area contributed by atoms with Crippen LogP contribution in [0.15, 0.2) is 35.3 Å². The molecule has 6 nitrogen and oxygen atoms in total. The molecule has 2 aromatic rings. The molecule has 1 aromatic heterocycles. The topological polar surface area (TPSA) is 76.3 Å². The lowest BCUT2D eigenvalue weighted by Crippen LogP contribution is -2.21. The van der Waals surface area contributed by atoms with Crippen LogP contribution in [0.2, 0.25) is 5.02 Å². The van der Waals surface area contributed by atoms with Gasteiger partial charge in [0.1, 0.15) is 5.25 Å². The number of aliphatic imine (C=N–C) groups is 1. The third kappa shape index (κ3) is 3.68. The first kappa shape index (κ1) is 16.7. The quantitative estimate of drug-likeness (QED) is 0.910. The predicted molar refractivity (Wildman–Crippen MR) is 95.6 cm³/mol. The van der Waals surface area contributed by atoms with E-state index >= 15 is 0 Å². The number of carbonyl (C=O) groups is 2. The van der Waals surface area contributed by atoms with E-state index < -0.39 is 5.25 Å². The molecular formula is C16H15ClN4O2S. The molecule has 1 aromatic carbocycles. The van der Waals surface area contributed by atoms with Gasteiger partial charge in [-0.15, -0.1) is 0 Å². The highest BCUT2D eigenvalue weighted by Gasteiger charge is 2.32. The van der Waals surface area contributed by atoms with Crippen LogP contribution in [0, 0.1) is 13.8 Å². The number of hydrogen-bond donors (Lipinski definition) is 1. The highest BCUT2D eigenvalue weighted by atomic mass is 35.5. The summed E-state index contributed by atoms with van der Waals surface area (Å²) in [6.07, 6.45) is 0.0540. The van der Waals surface area contributed by atoms with E-state index in [0.717, 1.165) is 11.4 Å². The minimum absolute atomic E-state index is 0.0540. The Morgan fingerprint density at radius 2 is 2.04 bits per heavy atom. The Morgan fingerprint density at radius 1 is 1.33 bits per heavy atom. The molecule has 2 amide bonds. The Labute approximate surface area is 148 Å². The van der Waals surface area contributed by atoms with Gasteiger partial charge < -0.3 is 5.32 Å². The maximum Gasteiger partial charge on any atom is 0.262 e. The van der Waals surface area contributed by atoms with E-state index in [1.807, 2.05) is 19.9 Å². The third-order valence-corrected chi connectivity index (χ3v) is 4.80.